The van der Waals surface area contributed by atoms with Crippen LogP contribution in [0.15, 0.2) is 54.6 Å². The average Bonchev–Trinajstić information content (AvgIpc) is 3.00. The zero-order valence-corrected chi connectivity index (χ0v) is 13.1. The highest BCUT2D eigenvalue weighted by atomic mass is 15.2. The fourth-order valence-electron chi connectivity index (χ4n) is 2.54. The first-order valence-electron chi connectivity index (χ1n) is 7.61. The number of benzene rings is 2. The predicted octanol–water partition coefficient (Wildman–Crippen LogP) is 3.65. The fraction of sp³-hybridized carbons (Fsp3) is 0.0556. The van der Waals surface area contributed by atoms with E-state index in [1.165, 1.54) is 5.56 Å². The lowest BCUT2D eigenvalue weighted by Crippen LogP contribution is -1.98. The van der Waals surface area contributed by atoms with Crippen molar-refractivity contribution >= 4 is 28.4 Å². The molecule has 6 nitrogen and oxygen atoms in total. The largest absolute Gasteiger partial charge is 0.383 e. The number of aryl methyl sites for hydroxylation is 1. The summed E-state index contributed by atoms with van der Waals surface area (Å²) in [6.45, 7) is 2.04. The minimum Gasteiger partial charge on any atom is -0.383 e. The summed E-state index contributed by atoms with van der Waals surface area (Å²) in [7, 11) is 0. The maximum Gasteiger partial charge on any atom is 0.188 e. The topological polar surface area (TPSA) is 92.5 Å². The number of anilines is 3. The number of nitrogens with one attached hydrogen (secondary N) is 2. The molecule has 4 N–H and O–H groups in total. The van der Waals surface area contributed by atoms with Crippen molar-refractivity contribution in [1.82, 2.24) is 20.2 Å². The minimum absolute atomic E-state index is 0.391. The standard InChI is InChI=1S/C18H16N6/c1-11-7-9-12(10-8-11)16-21-15(19)14-17(23-24-18(14)22-16)20-13-5-3-2-4-6-13/h2-10H,1H3,(H4,19,20,21,22,23,24). The lowest BCUT2D eigenvalue weighted by Gasteiger charge is -2.06. The van der Waals surface area contributed by atoms with Crippen LogP contribution in [-0.4, -0.2) is 20.2 Å². The molecule has 0 aliphatic rings. The third-order valence-electron chi connectivity index (χ3n) is 3.79. The van der Waals surface area contributed by atoms with Crippen LogP contribution in [0.5, 0.6) is 0 Å². The summed E-state index contributed by atoms with van der Waals surface area (Å²) >= 11 is 0. The Morgan fingerprint density at radius 2 is 1.71 bits per heavy atom. The second kappa shape index (κ2) is 5.66. The smallest absolute Gasteiger partial charge is 0.188 e. The van der Waals surface area contributed by atoms with Gasteiger partial charge in [0.15, 0.2) is 11.5 Å². The van der Waals surface area contributed by atoms with Gasteiger partial charge in [0.05, 0.1) is 0 Å². The van der Waals surface area contributed by atoms with Gasteiger partial charge in [0.2, 0.25) is 0 Å². The molecular formula is C18H16N6. The molecule has 0 bridgehead atoms. The van der Waals surface area contributed by atoms with Gasteiger partial charge < -0.3 is 11.1 Å². The number of nitrogens with two attached hydrogens (primary N) is 1. The van der Waals surface area contributed by atoms with Crippen molar-refractivity contribution in [3.05, 3.63) is 60.2 Å². The van der Waals surface area contributed by atoms with Crippen LogP contribution in [0.4, 0.5) is 17.3 Å². The van der Waals surface area contributed by atoms with Crippen molar-refractivity contribution < 1.29 is 0 Å². The van der Waals surface area contributed by atoms with Crippen molar-refractivity contribution in [2.45, 2.75) is 6.92 Å². The molecule has 0 fully saturated rings. The summed E-state index contributed by atoms with van der Waals surface area (Å²) in [4.78, 5) is 8.97. The first-order chi connectivity index (χ1) is 11.7. The molecule has 0 saturated carbocycles. The van der Waals surface area contributed by atoms with E-state index in [-0.39, 0.29) is 0 Å². The zero-order valence-electron chi connectivity index (χ0n) is 13.1. The van der Waals surface area contributed by atoms with E-state index in [1.807, 2.05) is 61.5 Å². The van der Waals surface area contributed by atoms with Crippen molar-refractivity contribution in [3.63, 3.8) is 0 Å². The number of H-pyrrole nitrogens is 1. The van der Waals surface area contributed by atoms with Gasteiger partial charge in [-0.25, -0.2) is 9.97 Å². The summed E-state index contributed by atoms with van der Waals surface area (Å²) < 4.78 is 0. The Morgan fingerprint density at radius 1 is 0.958 bits per heavy atom. The summed E-state index contributed by atoms with van der Waals surface area (Å²) in [5.74, 6) is 1.64. The Bertz CT molecular complexity index is 989. The Kier molecular flexibility index (Phi) is 3.35. The van der Waals surface area contributed by atoms with E-state index < -0.39 is 0 Å². The number of aromatic amines is 1. The molecular weight excluding hydrogens is 300 g/mol. The highest BCUT2D eigenvalue weighted by molar-refractivity contribution is 5.97. The first-order valence-corrected chi connectivity index (χ1v) is 7.61. The quantitative estimate of drug-likeness (QED) is 0.536. The van der Waals surface area contributed by atoms with Crippen LogP contribution in [0.3, 0.4) is 0 Å². The monoisotopic (exact) mass is 316 g/mol. The van der Waals surface area contributed by atoms with E-state index in [4.69, 9.17) is 5.73 Å². The van der Waals surface area contributed by atoms with Gasteiger partial charge in [0.25, 0.3) is 0 Å². The minimum atomic E-state index is 0.391. The molecule has 0 spiro atoms. The van der Waals surface area contributed by atoms with E-state index in [0.29, 0.717) is 28.5 Å². The normalized spacial score (nSPS) is 10.9. The van der Waals surface area contributed by atoms with Gasteiger partial charge in [-0.3, -0.25) is 5.10 Å². The highest BCUT2D eigenvalue weighted by Crippen LogP contribution is 2.29. The molecule has 0 amide bonds. The van der Waals surface area contributed by atoms with E-state index in [9.17, 15) is 0 Å². The van der Waals surface area contributed by atoms with Crippen molar-refractivity contribution in [1.29, 1.82) is 0 Å². The molecule has 0 atom stereocenters. The second-order valence-corrected chi connectivity index (χ2v) is 5.59. The summed E-state index contributed by atoms with van der Waals surface area (Å²) in [6, 6.07) is 17.8. The highest BCUT2D eigenvalue weighted by Gasteiger charge is 2.14. The van der Waals surface area contributed by atoms with E-state index in [0.717, 1.165) is 11.3 Å². The van der Waals surface area contributed by atoms with Gasteiger partial charge in [-0.15, -0.1) is 0 Å². The number of hydrogen-bond donors (Lipinski definition) is 3. The number of para-hydroxylation sites is 1. The molecule has 4 aromatic rings. The lowest BCUT2D eigenvalue weighted by atomic mass is 10.1. The van der Waals surface area contributed by atoms with Gasteiger partial charge in [-0.1, -0.05) is 48.0 Å². The van der Waals surface area contributed by atoms with Crippen LogP contribution >= 0.6 is 0 Å². The molecule has 0 aliphatic carbocycles. The molecule has 2 heterocycles. The van der Waals surface area contributed by atoms with Gasteiger partial charge in [0.1, 0.15) is 17.0 Å². The van der Waals surface area contributed by atoms with Gasteiger partial charge in [-0.05, 0) is 19.1 Å². The number of nitrogens with zero attached hydrogens (tertiary/aromatic N) is 3. The number of hydrogen-bond acceptors (Lipinski definition) is 5. The van der Waals surface area contributed by atoms with E-state index >= 15 is 0 Å². The Labute approximate surface area is 138 Å². The third kappa shape index (κ3) is 2.54. The van der Waals surface area contributed by atoms with Crippen LogP contribution in [0.1, 0.15) is 5.56 Å². The Morgan fingerprint density at radius 3 is 2.46 bits per heavy atom. The van der Waals surface area contributed by atoms with Gasteiger partial charge in [0, 0.05) is 11.3 Å². The van der Waals surface area contributed by atoms with Crippen LogP contribution < -0.4 is 11.1 Å². The molecule has 0 unspecified atom stereocenters. The van der Waals surface area contributed by atoms with E-state index in [2.05, 4.69) is 25.5 Å². The van der Waals surface area contributed by atoms with Crippen molar-refractivity contribution in [2.24, 2.45) is 0 Å². The Hall–Kier alpha value is -3.41. The Balaban J connectivity index is 1.76. The first kappa shape index (κ1) is 14.2. The maximum atomic E-state index is 6.17. The molecule has 2 aromatic carbocycles. The molecule has 6 heteroatoms. The molecule has 0 radical (unpaired) electrons. The third-order valence-corrected chi connectivity index (χ3v) is 3.79. The molecule has 24 heavy (non-hydrogen) atoms. The summed E-state index contributed by atoms with van der Waals surface area (Å²) in [6.07, 6.45) is 0. The molecule has 118 valence electrons. The van der Waals surface area contributed by atoms with Crippen LogP contribution in [0.2, 0.25) is 0 Å². The van der Waals surface area contributed by atoms with Gasteiger partial charge >= 0.3 is 0 Å². The maximum absolute atomic E-state index is 6.17. The predicted molar refractivity (Wildman–Crippen MR) is 96.0 cm³/mol. The molecule has 4 rings (SSSR count). The van der Waals surface area contributed by atoms with Crippen LogP contribution in [-0.2, 0) is 0 Å². The van der Waals surface area contributed by atoms with Crippen LogP contribution in [0, 0.1) is 6.92 Å². The van der Waals surface area contributed by atoms with Crippen LogP contribution in [0.25, 0.3) is 22.4 Å². The second-order valence-electron chi connectivity index (χ2n) is 5.59. The molecule has 0 saturated heterocycles. The van der Waals surface area contributed by atoms with Crippen molar-refractivity contribution in [3.8, 4) is 11.4 Å². The summed E-state index contributed by atoms with van der Waals surface area (Å²) in [5, 5.41) is 11.2. The number of rotatable bonds is 3. The number of fused-ring (bicyclic) bond motifs is 1. The van der Waals surface area contributed by atoms with Crippen molar-refractivity contribution in [2.75, 3.05) is 11.1 Å². The average molecular weight is 316 g/mol. The van der Waals surface area contributed by atoms with Gasteiger partial charge in [-0.2, -0.15) is 5.10 Å². The number of nitrogen functional groups attached to an aromatic ring is 1. The zero-order chi connectivity index (χ0) is 16.5. The summed E-state index contributed by atoms with van der Waals surface area (Å²) in [5.41, 5.74) is 9.74. The molecule has 0 aliphatic heterocycles. The number of aromatic nitrogens is 4. The SMILES string of the molecule is Cc1ccc(-c2nc(N)c3c(Nc4ccccc4)[nH]nc3n2)cc1. The fourth-order valence-corrected chi connectivity index (χ4v) is 2.54. The lowest BCUT2D eigenvalue weighted by molar-refractivity contribution is 1.09. The van der Waals surface area contributed by atoms with E-state index in [1.54, 1.807) is 0 Å². The molecule has 2 aromatic heterocycles.